The lowest BCUT2D eigenvalue weighted by atomic mass is 10.1. The number of carbonyl (C=O) groups is 1. The number of hydrogen-bond acceptors (Lipinski definition) is 4. The Morgan fingerprint density at radius 3 is 2.58 bits per heavy atom. The van der Waals surface area contributed by atoms with Crippen molar-refractivity contribution in [3.63, 3.8) is 0 Å². The smallest absolute Gasteiger partial charge is 0.316 e. The normalized spacial score (nSPS) is 13.3. The molecular weight excluding hydrogens is 258 g/mol. The van der Waals surface area contributed by atoms with Crippen molar-refractivity contribution in [1.29, 1.82) is 0 Å². The van der Waals surface area contributed by atoms with Crippen LogP contribution in [0, 0.1) is 0 Å². The quantitative estimate of drug-likeness (QED) is 0.492. The zero-order chi connectivity index (χ0) is 14.7. The van der Waals surface area contributed by atoms with E-state index in [0.29, 0.717) is 11.8 Å². The van der Waals surface area contributed by atoms with Crippen LogP contribution in [0.25, 0.3) is 0 Å². The first-order valence-corrected chi connectivity index (χ1v) is 8.53. The molecule has 0 heterocycles. The molecule has 1 N–H and O–H groups in total. The fourth-order valence-electron chi connectivity index (χ4n) is 1.67. The largest absolute Gasteiger partial charge is 0.459 e. The molecule has 1 atom stereocenters. The molecule has 0 aliphatic rings. The molecule has 0 radical (unpaired) electrons. The lowest BCUT2D eigenvalue weighted by Gasteiger charge is -2.19. The minimum atomic E-state index is -0.363. The van der Waals surface area contributed by atoms with Crippen molar-refractivity contribution in [3.05, 3.63) is 0 Å². The lowest BCUT2D eigenvalue weighted by Crippen LogP contribution is -2.26. The summed E-state index contributed by atoms with van der Waals surface area (Å²) in [5.74, 6) is 1.41. The Bertz CT molecular complexity index is 239. The van der Waals surface area contributed by atoms with Crippen LogP contribution in [0.5, 0.6) is 0 Å². The topological polar surface area (TPSA) is 38.3 Å². The molecule has 114 valence electrons. The van der Waals surface area contributed by atoms with Crippen LogP contribution in [0.15, 0.2) is 0 Å². The van der Waals surface area contributed by atoms with Gasteiger partial charge in [-0.3, -0.25) is 4.79 Å². The third-order valence-corrected chi connectivity index (χ3v) is 3.58. The molecule has 0 aliphatic heterocycles. The van der Waals surface area contributed by atoms with E-state index in [2.05, 4.69) is 19.2 Å². The number of carbonyl (C=O) groups excluding carboxylic acids is 1. The molecule has 0 amide bonds. The Morgan fingerprint density at radius 2 is 2.00 bits per heavy atom. The molecule has 0 saturated heterocycles. The van der Waals surface area contributed by atoms with Crippen LogP contribution in [0.4, 0.5) is 0 Å². The lowest BCUT2D eigenvalue weighted by molar-refractivity contribution is -0.151. The highest BCUT2D eigenvalue weighted by atomic mass is 32.2. The van der Waals surface area contributed by atoms with E-state index in [1.165, 1.54) is 25.7 Å². The standard InChI is InChI=1S/C15H31NO2S/c1-6-10-16-13(2)9-7-8-11-19-12-14(17)18-15(3,4)5/h13,16H,6-12H2,1-5H3. The van der Waals surface area contributed by atoms with Crippen molar-refractivity contribution in [2.45, 2.75) is 71.9 Å². The molecule has 3 nitrogen and oxygen atoms in total. The first kappa shape index (κ1) is 18.8. The average Bonchev–Trinajstić information content (AvgIpc) is 2.28. The molecule has 0 aromatic carbocycles. The van der Waals surface area contributed by atoms with Crippen molar-refractivity contribution in [3.8, 4) is 0 Å². The second-order valence-electron chi connectivity index (χ2n) is 5.99. The Labute approximate surface area is 123 Å². The number of thioether (sulfide) groups is 1. The summed E-state index contributed by atoms with van der Waals surface area (Å²) in [5.41, 5.74) is -0.363. The minimum absolute atomic E-state index is 0.101. The molecule has 0 spiro atoms. The molecule has 4 heteroatoms. The molecule has 0 fully saturated rings. The van der Waals surface area contributed by atoms with E-state index in [-0.39, 0.29) is 11.6 Å². The van der Waals surface area contributed by atoms with Crippen LogP contribution < -0.4 is 5.32 Å². The van der Waals surface area contributed by atoms with Gasteiger partial charge in [-0.2, -0.15) is 11.8 Å². The van der Waals surface area contributed by atoms with Crippen molar-refractivity contribution in [2.24, 2.45) is 0 Å². The number of rotatable bonds is 10. The monoisotopic (exact) mass is 289 g/mol. The number of esters is 1. The maximum absolute atomic E-state index is 11.5. The summed E-state index contributed by atoms with van der Waals surface area (Å²) in [6.07, 6.45) is 4.80. The van der Waals surface area contributed by atoms with Crippen LogP contribution in [-0.2, 0) is 9.53 Å². The third-order valence-electron chi connectivity index (χ3n) is 2.56. The predicted octanol–water partition coefficient (Wildman–Crippen LogP) is 3.62. The van der Waals surface area contributed by atoms with Crippen molar-refractivity contribution >= 4 is 17.7 Å². The number of nitrogens with one attached hydrogen (secondary N) is 1. The minimum Gasteiger partial charge on any atom is -0.459 e. The van der Waals surface area contributed by atoms with Gasteiger partial charge in [-0.05, 0) is 59.3 Å². The van der Waals surface area contributed by atoms with Crippen LogP contribution in [-0.4, -0.2) is 35.7 Å². The highest BCUT2D eigenvalue weighted by Crippen LogP contribution is 2.12. The molecule has 1 unspecified atom stereocenters. The summed E-state index contributed by atoms with van der Waals surface area (Å²) >= 11 is 1.68. The van der Waals surface area contributed by atoms with Gasteiger partial charge in [0.15, 0.2) is 0 Å². The summed E-state index contributed by atoms with van der Waals surface area (Å²) in [6, 6.07) is 0.607. The Morgan fingerprint density at radius 1 is 1.32 bits per heavy atom. The molecule has 19 heavy (non-hydrogen) atoms. The molecule has 0 bridgehead atoms. The summed E-state index contributed by atoms with van der Waals surface area (Å²) in [4.78, 5) is 11.5. The zero-order valence-electron chi connectivity index (χ0n) is 13.3. The first-order chi connectivity index (χ1) is 8.85. The number of ether oxygens (including phenoxy) is 1. The maximum atomic E-state index is 11.5. The van der Waals surface area contributed by atoms with E-state index in [9.17, 15) is 4.79 Å². The summed E-state index contributed by atoms with van der Waals surface area (Å²) in [6.45, 7) is 11.2. The van der Waals surface area contributed by atoms with E-state index in [4.69, 9.17) is 4.74 Å². The SMILES string of the molecule is CCCNC(C)CCCCSCC(=O)OC(C)(C)C. The molecule has 0 rings (SSSR count). The van der Waals surface area contributed by atoms with E-state index < -0.39 is 0 Å². The zero-order valence-corrected chi connectivity index (χ0v) is 14.1. The fourth-order valence-corrected chi connectivity index (χ4v) is 2.45. The Kier molecular flexibility index (Phi) is 10.4. The van der Waals surface area contributed by atoms with Crippen LogP contribution in [0.3, 0.4) is 0 Å². The van der Waals surface area contributed by atoms with Gasteiger partial charge in [0.05, 0.1) is 5.75 Å². The molecule has 0 saturated carbocycles. The number of unbranched alkanes of at least 4 members (excludes halogenated alkanes) is 1. The van der Waals surface area contributed by atoms with Gasteiger partial charge < -0.3 is 10.1 Å². The van der Waals surface area contributed by atoms with Crippen LogP contribution >= 0.6 is 11.8 Å². The van der Waals surface area contributed by atoms with Crippen LogP contribution in [0.1, 0.15) is 60.3 Å². The summed E-state index contributed by atoms with van der Waals surface area (Å²) in [5, 5.41) is 3.49. The van der Waals surface area contributed by atoms with E-state index in [0.717, 1.165) is 12.3 Å². The number of hydrogen-bond donors (Lipinski definition) is 1. The van der Waals surface area contributed by atoms with Gasteiger partial charge in [-0.15, -0.1) is 0 Å². The maximum Gasteiger partial charge on any atom is 0.316 e. The van der Waals surface area contributed by atoms with Gasteiger partial charge in [-0.1, -0.05) is 13.3 Å². The summed E-state index contributed by atoms with van der Waals surface area (Å²) in [7, 11) is 0. The Hall–Kier alpha value is -0.220. The fraction of sp³-hybridized carbons (Fsp3) is 0.933. The molecule has 0 aromatic rings. The van der Waals surface area contributed by atoms with Crippen molar-refractivity contribution in [1.82, 2.24) is 5.32 Å². The third kappa shape index (κ3) is 14.0. The first-order valence-electron chi connectivity index (χ1n) is 7.38. The van der Waals surface area contributed by atoms with E-state index in [1.54, 1.807) is 11.8 Å². The molecular formula is C15H31NO2S. The summed E-state index contributed by atoms with van der Waals surface area (Å²) < 4.78 is 5.26. The van der Waals surface area contributed by atoms with Crippen LogP contribution in [0.2, 0.25) is 0 Å². The predicted molar refractivity (Wildman–Crippen MR) is 84.8 cm³/mol. The van der Waals surface area contributed by atoms with Gasteiger partial charge in [-0.25, -0.2) is 0 Å². The van der Waals surface area contributed by atoms with Crippen molar-refractivity contribution < 1.29 is 9.53 Å². The van der Waals surface area contributed by atoms with Gasteiger partial charge in [0.2, 0.25) is 0 Å². The second-order valence-corrected chi connectivity index (χ2v) is 7.10. The Balaban J connectivity index is 3.38. The van der Waals surface area contributed by atoms with E-state index in [1.807, 2.05) is 20.8 Å². The molecule has 0 aliphatic carbocycles. The second kappa shape index (κ2) is 10.6. The van der Waals surface area contributed by atoms with Gasteiger partial charge in [0.1, 0.15) is 5.60 Å². The molecule has 0 aromatic heterocycles. The van der Waals surface area contributed by atoms with E-state index >= 15 is 0 Å². The van der Waals surface area contributed by atoms with Gasteiger partial charge in [0.25, 0.3) is 0 Å². The average molecular weight is 289 g/mol. The van der Waals surface area contributed by atoms with Crippen molar-refractivity contribution in [2.75, 3.05) is 18.1 Å². The van der Waals surface area contributed by atoms with Gasteiger partial charge >= 0.3 is 5.97 Å². The highest BCUT2D eigenvalue weighted by molar-refractivity contribution is 7.99. The highest BCUT2D eigenvalue weighted by Gasteiger charge is 2.15. The van der Waals surface area contributed by atoms with Gasteiger partial charge in [0, 0.05) is 6.04 Å².